The zero-order valence-corrected chi connectivity index (χ0v) is 16.9. The van der Waals surface area contributed by atoms with E-state index in [-0.39, 0.29) is 10.5 Å². The summed E-state index contributed by atoms with van der Waals surface area (Å²) in [4.78, 5) is 24.0. The summed E-state index contributed by atoms with van der Waals surface area (Å²) in [6.07, 6.45) is 3.87. The molecule has 7 nitrogen and oxygen atoms in total. The molecule has 0 saturated heterocycles. The van der Waals surface area contributed by atoms with E-state index in [1.54, 1.807) is 18.2 Å². The smallest absolute Gasteiger partial charge is 0.269 e. The van der Waals surface area contributed by atoms with Crippen LogP contribution in [0.4, 0.5) is 0 Å². The lowest BCUT2D eigenvalue weighted by Gasteiger charge is -2.07. The monoisotopic (exact) mass is 452 g/mol. The second kappa shape index (κ2) is 8.83. The molecule has 9 heteroatoms. The van der Waals surface area contributed by atoms with Gasteiger partial charge in [-0.15, -0.1) is 0 Å². The van der Waals surface area contributed by atoms with Crippen LogP contribution in [0, 0.1) is 0 Å². The molecule has 0 spiro atoms. The minimum Gasteiger partial charge on any atom is -0.496 e. The number of hydrogen-bond acceptors (Lipinski definition) is 5. The van der Waals surface area contributed by atoms with Crippen LogP contribution in [0.2, 0.25) is 0 Å². The van der Waals surface area contributed by atoms with Crippen molar-refractivity contribution in [3.05, 3.63) is 64.1 Å². The molecule has 0 unspecified atom stereocenters. The fourth-order valence-corrected chi connectivity index (χ4v) is 3.10. The van der Waals surface area contributed by atoms with Crippen LogP contribution in [0.3, 0.4) is 0 Å². The van der Waals surface area contributed by atoms with Crippen molar-refractivity contribution in [1.29, 1.82) is 0 Å². The fourth-order valence-electron chi connectivity index (χ4n) is 2.09. The molecule has 0 radical (unpaired) electrons. The molecule has 0 aliphatic heterocycles. The van der Waals surface area contributed by atoms with Crippen LogP contribution in [-0.2, 0) is 14.6 Å². The molecule has 2 amide bonds. The number of halogens is 1. The highest BCUT2D eigenvalue weighted by Crippen LogP contribution is 2.24. The lowest BCUT2D eigenvalue weighted by atomic mass is 10.2. The van der Waals surface area contributed by atoms with Crippen LogP contribution < -0.4 is 15.6 Å². The van der Waals surface area contributed by atoms with E-state index in [0.29, 0.717) is 11.3 Å². The van der Waals surface area contributed by atoms with E-state index in [2.05, 4.69) is 26.8 Å². The van der Waals surface area contributed by atoms with Gasteiger partial charge in [0.2, 0.25) is 0 Å². The summed E-state index contributed by atoms with van der Waals surface area (Å²) in [6, 6.07) is 10.7. The van der Waals surface area contributed by atoms with Crippen LogP contribution in [0.25, 0.3) is 6.08 Å². The van der Waals surface area contributed by atoms with Crippen LogP contribution in [0.5, 0.6) is 5.75 Å². The van der Waals surface area contributed by atoms with Crippen molar-refractivity contribution in [1.82, 2.24) is 10.9 Å². The Bertz CT molecular complexity index is 985. The van der Waals surface area contributed by atoms with E-state index in [4.69, 9.17) is 4.74 Å². The molecular formula is C18H17BrN2O5S. The van der Waals surface area contributed by atoms with Crippen molar-refractivity contribution >= 4 is 43.7 Å². The number of carbonyl (C=O) groups excluding carboxylic acids is 2. The van der Waals surface area contributed by atoms with E-state index in [1.807, 2.05) is 6.07 Å². The van der Waals surface area contributed by atoms with Crippen molar-refractivity contribution in [3.8, 4) is 5.75 Å². The molecule has 0 saturated carbocycles. The van der Waals surface area contributed by atoms with Gasteiger partial charge < -0.3 is 4.74 Å². The van der Waals surface area contributed by atoms with Gasteiger partial charge in [-0.3, -0.25) is 20.4 Å². The molecule has 0 fully saturated rings. The van der Waals surface area contributed by atoms with Gasteiger partial charge >= 0.3 is 0 Å². The molecule has 0 aliphatic carbocycles. The summed E-state index contributed by atoms with van der Waals surface area (Å²) in [6.45, 7) is 0. The first-order valence-electron chi connectivity index (χ1n) is 7.63. The van der Waals surface area contributed by atoms with Gasteiger partial charge in [0.15, 0.2) is 9.84 Å². The second-order valence-electron chi connectivity index (χ2n) is 5.46. The van der Waals surface area contributed by atoms with Gasteiger partial charge in [0.05, 0.1) is 12.0 Å². The summed E-state index contributed by atoms with van der Waals surface area (Å²) in [5.41, 5.74) is 5.40. The van der Waals surface area contributed by atoms with Gasteiger partial charge in [-0.2, -0.15) is 0 Å². The summed E-state index contributed by atoms with van der Waals surface area (Å²) >= 11 is 3.34. The molecule has 2 rings (SSSR count). The molecule has 0 bridgehead atoms. The Morgan fingerprint density at radius 3 is 2.33 bits per heavy atom. The zero-order valence-electron chi connectivity index (χ0n) is 14.5. The highest BCUT2D eigenvalue weighted by Gasteiger charge is 2.10. The third-order valence-electron chi connectivity index (χ3n) is 3.45. The highest BCUT2D eigenvalue weighted by molar-refractivity contribution is 9.10. The highest BCUT2D eigenvalue weighted by atomic mass is 79.9. The first-order chi connectivity index (χ1) is 12.7. The maximum Gasteiger partial charge on any atom is 0.269 e. The Morgan fingerprint density at radius 2 is 1.74 bits per heavy atom. The van der Waals surface area contributed by atoms with E-state index >= 15 is 0 Å². The lowest BCUT2D eigenvalue weighted by Crippen LogP contribution is -2.40. The Kier molecular flexibility index (Phi) is 6.75. The molecule has 142 valence electrons. The molecular weight excluding hydrogens is 436 g/mol. The lowest BCUT2D eigenvalue weighted by molar-refractivity contribution is -0.117. The predicted octanol–water partition coefficient (Wildman–Crippen LogP) is 2.34. The van der Waals surface area contributed by atoms with Crippen LogP contribution in [0.15, 0.2) is 57.9 Å². The molecule has 0 atom stereocenters. The van der Waals surface area contributed by atoms with Gasteiger partial charge in [-0.25, -0.2) is 8.42 Å². The maximum absolute atomic E-state index is 12.0. The SMILES string of the molecule is COc1ccc(Br)cc1/C=C/C(=O)NNC(=O)c1ccc(S(C)(=O)=O)cc1. The number of amides is 2. The van der Waals surface area contributed by atoms with Crippen LogP contribution >= 0.6 is 15.9 Å². The van der Waals surface area contributed by atoms with Gasteiger partial charge in [0.25, 0.3) is 11.8 Å². The second-order valence-corrected chi connectivity index (χ2v) is 8.39. The first-order valence-corrected chi connectivity index (χ1v) is 10.3. The summed E-state index contributed by atoms with van der Waals surface area (Å²) in [7, 11) is -1.81. The molecule has 2 aromatic rings. The molecule has 27 heavy (non-hydrogen) atoms. The number of nitrogens with one attached hydrogen (secondary N) is 2. The van der Waals surface area contributed by atoms with Crippen molar-refractivity contribution in [2.75, 3.05) is 13.4 Å². The third-order valence-corrected chi connectivity index (χ3v) is 5.07. The fraction of sp³-hybridized carbons (Fsp3) is 0.111. The van der Waals surface area contributed by atoms with E-state index < -0.39 is 21.7 Å². The van der Waals surface area contributed by atoms with Gasteiger partial charge in [0, 0.05) is 27.9 Å². The minimum absolute atomic E-state index is 0.106. The number of hydrazine groups is 1. The quantitative estimate of drug-likeness (QED) is 0.535. The Morgan fingerprint density at radius 1 is 1.07 bits per heavy atom. The average Bonchev–Trinajstić information content (AvgIpc) is 2.64. The largest absolute Gasteiger partial charge is 0.496 e. The van der Waals surface area contributed by atoms with Crippen molar-refractivity contribution in [3.63, 3.8) is 0 Å². The predicted molar refractivity (Wildman–Crippen MR) is 105 cm³/mol. The minimum atomic E-state index is -3.34. The molecule has 0 aliphatic rings. The number of carbonyl (C=O) groups is 2. The Balaban J connectivity index is 1.97. The maximum atomic E-state index is 12.0. The normalized spacial score (nSPS) is 11.2. The van der Waals surface area contributed by atoms with Crippen molar-refractivity contribution in [2.45, 2.75) is 4.90 Å². The molecule has 2 N–H and O–H groups in total. The van der Waals surface area contributed by atoms with E-state index in [0.717, 1.165) is 10.7 Å². The van der Waals surface area contributed by atoms with Crippen molar-refractivity contribution in [2.24, 2.45) is 0 Å². The standard InChI is InChI=1S/C18H17BrN2O5S/c1-26-16-9-6-14(19)11-13(16)5-10-17(22)20-21-18(23)12-3-7-15(8-4-12)27(2,24)25/h3-11H,1-2H3,(H,20,22)(H,21,23)/b10-5+. The Labute approximate surface area is 165 Å². The third kappa shape index (κ3) is 5.93. The zero-order chi connectivity index (χ0) is 20.0. The number of ether oxygens (including phenoxy) is 1. The molecule has 0 aromatic heterocycles. The number of hydrogen-bond donors (Lipinski definition) is 2. The van der Waals surface area contributed by atoms with Gasteiger partial charge in [-0.1, -0.05) is 15.9 Å². The Hall–Kier alpha value is -2.65. The number of sulfone groups is 1. The van der Waals surface area contributed by atoms with Crippen LogP contribution in [-0.4, -0.2) is 33.6 Å². The van der Waals surface area contributed by atoms with E-state index in [1.165, 1.54) is 37.5 Å². The first kappa shape index (κ1) is 20.7. The summed E-state index contributed by atoms with van der Waals surface area (Å²) in [5.74, 6) is -0.521. The summed E-state index contributed by atoms with van der Waals surface area (Å²) < 4.78 is 28.8. The average molecular weight is 453 g/mol. The number of benzene rings is 2. The van der Waals surface area contributed by atoms with Gasteiger partial charge in [-0.05, 0) is 48.5 Å². The molecule has 0 heterocycles. The molecule has 2 aromatic carbocycles. The topological polar surface area (TPSA) is 102 Å². The van der Waals surface area contributed by atoms with Crippen molar-refractivity contribution < 1.29 is 22.7 Å². The van der Waals surface area contributed by atoms with E-state index in [9.17, 15) is 18.0 Å². The van der Waals surface area contributed by atoms with Crippen LogP contribution in [0.1, 0.15) is 15.9 Å². The number of rotatable bonds is 5. The van der Waals surface area contributed by atoms with Gasteiger partial charge in [0.1, 0.15) is 5.75 Å². The summed E-state index contributed by atoms with van der Waals surface area (Å²) in [5, 5.41) is 0. The number of methoxy groups -OCH3 is 1.